The molecule has 0 spiro atoms. The molecule has 1 aromatic carbocycles. The second-order valence-electron chi connectivity index (χ2n) is 3.19. The zero-order valence-corrected chi connectivity index (χ0v) is 8.52. The van der Waals surface area contributed by atoms with Crippen molar-refractivity contribution < 1.29 is 9.13 Å². The maximum Gasteiger partial charge on any atom is 0.123 e. The van der Waals surface area contributed by atoms with Gasteiger partial charge in [-0.15, -0.1) is 12.4 Å². The quantitative estimate of drug-likeness (QED) is 0.818. The van der Waals surface area contributed by atoms with Gasteiger partial charge in [-0.1, -0.05) is 0 Å². The molecule has 1 atom stereocenters. The SMILES string of the molecule is Cl.Fc1ccc(O[C@@H]2CCNC2)cc1. The lowest BCUT2D eigenvalue weighted by molar-refractivity contribution is 0.223. The van der Waals surface area contributed by atoms with Crippen LogP contribution in [-0.4, -0.2) is 19.2 Å². The molecule has 1 saturated heterocycles. The molecule has 2 nitrogen and oxygen atoms in total. The van der Waals surface area contributed by atoms with Crippen LogP contribution in [0, 0.1) is 5.82 Å². The van der Waals surface area contributed by atoms with Crippen LogP contribution < -0.4 is 10.1 Å². The molecule has 1 aliphatic heterocycles. The summed E-state index contributed by atoms with van der Waals surface area (Å²) in [5.41, 5.74) is 0. The molecule has 0 bridgehead atoms. The van der Waals surface area contributed by atoms with Gasteiger partial charge >= 0.3 is 0 Å². The largest absolute Gasteiger partial charge is 0.489 e. The molecule has 0 aromatic heterocycles. The average molecular weight is 218 g/mol. The summed E-state index contributed by atoms with van der Waals surface area (Å²) >= 11 is 0. The van der Waals surface area contributed by atoms with Gasteiger partial charge in [-0.05, 0) is 37.2 Å². The minimum absolute atomic E-state index is 0. The molecule has 1 N–H and O–H groups in total. The van der Waals surface area contributed by atoms with Crippen molar-refractivity contribution in [2.75, 3.05) is 13.1 Å². The second-order valence-corrected chi connectivity index (χ2v) is 3.19. The number of ether oxygens (including phenoxy) is 1. The van der Waals surface area contributed by atoms with Gasteiger partial charge in [-0.2, -0.15) is 0 Å². The Labute approximate surface area is 88.9 Å². The third-order valence-electron chi connectivity index (χ3n) is 2.13. The van der Waals surface area contributed by atoms with Gasteiger partial charge in [0, 0.05) is 6.54 Å². The lowest BCUT2D eigenvalue weighted by Crippen LogP contribution is -2.19. The molecule has 0 saturated carbocycles. The molecule has 1 aliphatic rings. The molecule has 78 valence electrons. The van der Waals surface area contributed by atoms with E-state index in [0.29, 0.717) is 0 Å². The van der Waals surface area contributed by atoms with Gasteiger partial charge < -0.3 is 10.1 Å². The van der Waals surface area contributed by atoms with E-state index in [1.54, 1.807) is 12.1 Å². The topological polar surface area (TPSA) is 21.3 Å². The van der Waals surface area contributed by atoms with E-state index in [9.17, 15) is 4.39 Å². The fourth-order valence-electron chi connectivity index (χ4n) is 1.43. The smallest absolute Gasteiger partial charge is 0.123 e. The number of hydrogen-bond acceptors (Lipinski definition) is 2. The predicted octanol–water partition coefficient (Wildman–Crippen LogP) is 1.99. The summed E-state index contributed by atoms with van der Waals surface area (Å²) in [4.78, 5) is 0. The normalized spacial score (nSPS) is 20.2. The third kappa shape index (κ3) is 2.86. The number of rotatable bonds is 2. The van der Waals surface area contributed by atoms with Crippen molar-refractivity contribution in [2.45, 2.75) is 12.5 Å². The standard InChI is InChI=1S/C10H12FNO.ClH/c11-8-1-3-9(4-2-8)13-10-5-6-12-7-10;/h1-4,10,12H,5-7H2;1H/t10-;/m1./s1. The minimum Gasteiger partial charge on any atom is -0.489 e. The fraction of sp³-hybridized carbons (Fsp3) is 0.400. The molecular formula is C10H13ClFNO. The highest BCUT2D eigenvalue weighted by Crippen LogP contribution is 2.15. The minimum atomic E-state index is -0.225. The van der Waals surface area contributed by atoms with Gasteiger partial charge in [0.1, 0.15) is 17.7 Å². The summed E-state index contributed by atoms with van der Waals surface area (Å²) in [5.74, 6) is 0.520. The Morgan fingerprint density at radius 1 is 1.29 bits per heavy atom. The first-order chi connectivity index (χ1) is 6.34. The first-order valence-corrected chi connectivity index (χ1v) is 4.47. The molecule has 0 aliphatic carbocycles. The summed E-state index contributed by atoms with van der Waals surface area (Å²) in [7, 11) is 0. The summed E-state index contributed by atoms with van der Waals surface area (Å²) < 4.78 is 18.1. The monoisotopic (exact) mass is 217 g/mol. The van der Waals surface area contributed by atoms with Crippen LogP contribution in [0.1, 0.15) is 6.42 Å². The lowest BCUT2D eigenvalue weighted by Gasteiger charge is -2.11. The summed E-state index contributed by atoms with van der Waals surface area (Å²) in [6.45, 7) is 1.89. The maximum atomic E-state index is 12.5. The maximum absolute atomic E-state index is 12.5. The predicted molar refractivity (Wildman–Crippen MR) is 55.6 cm³/mol. The molecule has 0 unspecified atom stereocenters. The molecule has 1 fully saturated rings. The Balaban J connectivity index is 0.000000980. The van der Waals surface area contributed by atoms with E-state index in [1.165, 1.54) is 12.1 Å². The van der Waals surface area contributed by atoms with Crippen molar-refractivity contribution in [3.05, 3.63) is 30.1 Å². The highest BCUT2D eigenvalue weighted by atomic mass is 35.5. The van der Waals surface area contributed by atoms with Crippen molar-refractivity contribution in [1.82, 2.24) is 5.32 Å². The molecule has 2 rings (SSSR count). The van der Waals surface area contributed by atoms with E-state index < -0.39 is 0 Å². The number of nitrogens with one attached hydrogen (secondary N) is 1. The van der Waals surface area contributed by atoms with Crippen molar-refractivity contribution >= 4 is 12.4 Å². The third-order valence-corrected chi connectivity index (χ3v) is 2.13. The van der Waals surface area contributed by atoms with E-state index in [4.69, 9.17) is 4.74 Å². The lowest BCUT2D eigenvalue weighted by atomic mass is 10.3. The van der Waals surface area contributed by atoms with E-state index in [1.807, 2.05) is 0 Å². The van der Waals surface area contributed by atoms with E-state index in [-0.39, 0.29) is 24.3 Å². The highest BCUT2D eigenvalue weighted by molar-refractivity contribution is 5.85. The molecule has 0 radical (unpaired) electrons. The van der Waals surface area contributed by atoms with Crippen LogP contribution in [0.25, 0.3) is 0 Å². The second kappa shape index (κ2) is 5.17. The summed E-state index contributed by atoms with van der Waals surface area (Å²) in [5, 5.41) is 3.20. The van der Waals surface area contributed by atoms with Crippen molar-refractivity contribution in [2.24, 2.45) is 0 Å². The van der Waals surface area contributed by atoms with Gasteiger partial charge in [0.15, 0.2) is 0 Å². The van der Waals surface area contributed by atoms with Crippen LogP contribution in [0.2, 0.25) is 0 Å². The Kier molecular flexibility index (Phi) is 4.17. The zero-order chi connectivity index (χ0) is 9.10. The van der Waals surface area contributed by atoms with Gasteiger partial charge in [0.2, 0.25) is 0 Å². The van der Waals surface area contributed by atoms with Crippen LogP contribution in [0.5, 0.6) is 5.75 Å². The number of halogens is 2. The van der Waals surface area contributed by atoms with Gasteiger partial charge in [-0.25, -0.2) is 4.39 Å². The Bertz CT molecular complexity index is 272. The molecule has 0 amide bonds. The molecule has 1 aromatic rings. The zero-order valence-electron chi connectivity index (χ0n) is 7.70. The van der Waals surface area contributed by atoms with Gasteiger partial charge in [0.05, 0.1) is 0 Å². The molecule has 1 heterocycles. The van der Waals surface area contributed by atoms with Crippen molar-refractivity contribution in [1.29, 1.82) is 0 Å². The molecule has 14 heavy (non-hydrogen) atoms. The highest BCUT2D eigenvalue weighted by Gasteiger charge is 2.15. The van der Waals surface area contributed by atoms with E-state index in [0.717, 1.165) is 25.3 Å². The van der Waals surface area contributed by atoms with Gasteiger partial charge in [-0.3, -0.25) is 0 Å². The van der Waals surface area contributed by atoms with E-state index in [2.05, 4.69) is 5.32 Å². The van der Waals surface area contributed by atoms with Crippen molar-refractivity contribution in [3.63, 3.8) is 0 Å². The van der Waals surface area contributed by atoms with Crippen LogP contribution in [-0.2, 0) is 0 Å². The summed E-state index contributed by atoms with van der Waals surface area (Å²) in [6.07, 6.45) is 1.27. The molecular weight excluding hydrogens is 205 g/mol. The van der Waals surface area contributed by atoms with Crippen LogP contribution in [0.4, 0.5) is 4.39 Å². The van der Waals surface area contributed by atoms with Crippen LogP contribution >= 0.6 is 12.4 Å². The fourth-order valence-corrected chi connectivity index (χ4v) is 1.43. The number of hydrogen-bond donors (Lipinski definition) is 1. The number of benzene rings is 1. The van der Waals surface area contributed by atoms with E-state index >= 15 is 0 Å². The Morgan fingerprint density at radius 3 is 2.57 bits per heavy atom. The Hall–Kier alpha value is -0.800. The van der Waals surface area contributed by atoms with Crippen LogP contribution in [0.3, 0.4) is 0 Å². The van der Waals surface area contributed by atoms with Crippen molar-refractivity contribution in [3.8, 4) is 5.75 Å². The van der Waals surface area contributed by atoms with Crippen LogP contribution in [0.15, 0.2) is 24.3 Å². The van der Waals surface area contributed by atoms with Gasteiger partial charge in [0.25, 0.3) is 0 Å². The first-order valence-electron chi connectivity index (χ1n) is 4.47. The average Bonchev–Trinajstić information content (AvgIpc) is 2.62. The summed E-state index contributed by atoms with van der Waals surface area (Å²) in [6, 6.07) is 6.15. The first kappa shape index (κ1) is 11.3. The Morgan fingerprint density at radius 2 is 2.00 bits per heavy atom. The molecule has 4 heteroatoms.